The number of anilines is 2. The Morgan fingerprint density at radius 1 is 0.914 bits per heavy atom. The van der Waals surface area contributed by atoms with E-state index in [0.717, 1.165) is 51.1 Å². The van der Waals surface area contributed by atoms with Gasteiger partial charge in [0.1, 0.15) is 0 Å². The Morgan fingerprint density at radius 3 is 2.49 bits per heavy atom. The second kappa shape index (κ2) is 10.4. The number of hydrogen-bond donors (Lipinski definition) is 2. The van der Waals surface area contributed by atoms with Gasteiger partial charge in [0.05, 0.1) is 16.9 Å². The van der Waals surface area contributed by atoms with Crippen LogP contribution in [0.5, 0.6) is 0 Å². The molecule has 9 heteroatoms. The summed E-state index contributed by atoms with van der Waals surface area (Å²) in [6.07, 6.45) is 6.02. The highest BCUT2D eigenvalue weighted by Crippen LogP contribution is 2.33. The highest BCUT2D eigenvalue weighted by atomic mass is 16.2. The van der Waals surface area contributed by atoms with Crippen LogP contribution >= 0.6 is 0 Å². The van der Waals surface area contributed by atoms with Crippen molar-refractivity contribution >= 4 is 29.1 Å². The van der Waals surface area contributed by atoms with Crippen molar-refractivity contribution in [3.8, 4) is 0 Å². The van der Waals surface area contributed by atoms with E-state index in [2.05, 4.69) is 20.5 Å². The molecule has 3 aliphatic rings. The SMILES string of the molecule is O=C(Nc1cc(C(=O)N2CCNCC2)ccc1N1CCCN(C(=O)C2CC2)CC1)c1cccnc1. The molecule has 1 aliphatic carbocycles. The van der Waals surface area contributed by atoms with Crippen molar-refractivity contribution in [2.24, 2.45) is 5.92 Å². The van der Waals surface area contributed by atoms with Gasteiger partial charge in [-0.05, 0) is 49.6 Å². The molecule has 2 aromatic rings. The summed E-state index contributed by atoms with van der Waals surface area (Å²) in [5, 5.41) is 6.29. The topological polar surface area (TPSA) is 97.9 Å². The summed E-state index contributed by atoms with van der Waals surface area (Å²) in [7, 11) is 0. The van der Waals surface area contributed by atoms with Crippen LogP contribution in [0.15, 0.2) is 42.7 Å². The molecule has 3 amide bonds. The minimum Gasteiger partial charge on any atom is -0.368 e. The molecular weight excluding hydrogens is 444 g/mol. The van der Waals surface area contributed by atoms with Crippen LogP contribution in [0.2, 0.25) is 0 Å². The summed E-state index contributed by atoms with van der Waals surface area (Å²) in [6.45, 7) is 5.74. The number of benzene rings is 1. The second-order valence-corrected chi connectivity index (χ2v) is 9.41. The number of carbonyl (C=O) groups is 3. The van der Waals surface area contributed by atoms with Crippen molar-refractivity contribution in [1.82, 2.24) is 20.1 Å². The smallest absolute Gasteiger partial charge is 0.257 e. The summed E-state index contributed by atoms with van der Waals surface area (Å²) in [6, 6.07) is 8.99. The maximum Gasteiger partial charge on any atom is 0.257 e. The predicted molar refractivity (Wildman–Crippen MR) is 134 cm³/mol. The van der Waals surface area contributed by atoms with Crippen molar-refractivity contribution < 1.29 is 14.4 Å². The van der Waals surface area contributed by atoms with Gasteiger partial charge in [0.15, 0.2) is 0 Å². The number of piperazine rings is 1. The third-order valence-corrected chi connectivity index (χ3v) is 6.89. The average Bonchev–Trinajstić information content (AvgIpc) is 3.76. The molecule has 9 nitrogen and oxygen atoms in total. The third-order valence-electron chi connectivity index (χ3n) is 6.89. The highest BCUT2D eigenvalue weighted by Gasteiger charge is 2.34. The van der Waals surface area contributed by atoms with Gasteiger partial charge in [-0.25, -0.2) is 0 Å². The number of nitrogens with zero attached hydrogens (tertiary/aromatic N) is 4. The van der Waals surface area contributed by atoms with Gasteiger partial charge >= 0.3 is 0 Å². The number of hydrogen-bond acceptors (Lipinski definition) is 6. The van der Waals surface area contributed by atoms with Crippen LogP contribution in [0, 0.1) is 5.92 Å². The van der Waals surface area contributed by atoms with Gasteiger partial charge in [-0.3, -0.25) is 19.4 Å². The molecule has 35 heavy (non-hydrogen) atoms. The maximum absolute atomic E-state index is 13.2. The quantitative estimate of drug-likeness (QED) is 0.683. The largest absolute Gasteiger partial charge is 0.368 e. The summed E-state index contributed by atoms with van der Waals surface area (Å²) >= 11 is 0. The van der Waals surface area contributed by atoms with Gasteiger partial charge < -0.3 is 25.3 Å². The van der Waals surface area contributed by atoms with E-state index in [1.165, 1.54) is 6.20 Å². The molecule has 3 heterocycles. The van der Waals surface area contributed by atoms with Crippen LogP contribution < -0.4 is 15.5 Å². The minimum atomic E-state index is -0.272. The monoisotopic (exact) mass is 476 g/mol. The zero-order chi connectivity index (χ0) is 24.2. The Bertz CT molecular complexity index is 1080. The lowest BCUT2D eigenvalue weighted by atomic mass is 10.1. The van der Waals surface area contributed by atoms with E-state index in [1.807, 2.05) is 21.9 Å². The van der Waals surface area contributed by atoms with Crippen molar-refractivity contribution in [3.05, 3.63) is 53.9 Å². The van der Waals surface area contributed by atoms with Crippen LogP contribution in [0.1, 0.15) is 40.0 Å². The molecular formula is C26H32N6O3. The molecule has 0 unspecified atom stereocenters. The maximum atomic E-state index is 13.2. The molecule has 2 N–H and O–H groups in total. The first-order valence-electron chi connectivity index (χ1n) is 12.5. The Labute approximate surface area is 205 Å². The van der Waals surface area contributed by atoms with Crippen LogP contribution in [-0.4, -0.2) is 84.9 Å². The molecule has 0 radical (unpaired) electrons. The van der Waals surface area contributed by atoms with E-state index in [0.29, 0.717) is 43.0 Å². The molecule has 1 saturated carbocycles. The molecule has 0 atom stereocenters. The van der Waals surface area contributed by atoms with E-state index in [9.17, 15) is 14.4 Å². The van der Waals surface area contributed by atoms with Crippen molar-refractivity contribution in [2.45, 2.75) is 19.3 Å². The lowest BCUT2D eigenvalue weighted by Crippen LogP contribution is -2.46. The summed E-state index contributed by atoms with van der Waals surface area (Å²) in [5.41, 5.74) is 2.47. The van der Waals surface area contributed by atoms with Crippen LogP contribution in [0.4, 0.5) is 11.4 Å². The van der Waals surface area contributed by atoms with Gasteiger partial charge in [0, 0.05) is 76.2 Å². The molecule has 3 fully saturated rings. The summed E-state index contributed by atoms with van der Waals surface area (Å²) in [5.74, 6) is 0.179. The van der Waals surface area contributed by atoms with E-state index in [1.54, 1.807) is 24.4 Å². The Morgan fingerprint density at radius 2 is 1.74 bits per heavy atom. The Hall–Kier alpha value is -3.46. The van der Waals surface area contributed by atoms with Gasteiger partial charge in [0.25, 0.3) is 11.8 Å². The van der Waals surface area contributed by atoms with Gasteiger partial charge in [0.2, 0.25) is 5.91 Å². The molecule has 0 bridgehead atoms. The van der Waals surface area contributed by atoms with E-state index < -0.39 is 0 Å². The number of amides is 3. The number of carbonyl (C=O) groups excluding carboxylic acids is 3. The van der Waals surface area contributed by atoms with Gasteiger partial charge in [-0.1, -0.05) is 0 Å². The first-order chi connectivity index (χ1) is 17.1. The molecule has 1 aromatic carbocycles. The minimum absolute atomic E-state index is 0.0352. The van der Waals surface area contributed by atoms with E-state index in [4.69, 9.17) is 0 Å². The van der Waals surface area contributed by atoms with Crippen LogP contribution in [-0.2, 0) is 4.79 Å². The van der Waals surface area contributed by atoms with E-state index in [-0.39, 0.29) is 23.6 Å². The number of aromatic nitrogens is 1. The molecule has 1 aromatic heterocycles. The predicted octanol–water partition coefficient (Wildman–Crippen LogP) is 1.83. The summed E-state index contributed by atoms with van der Waals surface area (Å²) < 4.78 is 0. The average molecular weight is 477 g/mol. The number of rotatable bonds is 5. The second-order valence-electron chi connectivity index (χ2n) is 9.41. The molecule has 5 rings (SSSR count). The fraction of sp³-hybridized carbons (Fsp3) is 0.462. The molecule has 2 aliphatic heterocycles. The molecule has 184 valence electrons. The zero-order valence-corrected chi connectivity index (χ0v) is 19.9. The Balaban J connectivity index is 1.39. The van der Waals surface area contributed by atoms with Crippen LogP contribution in [0.25, 0.3) is 0 Å². The number of pyridine rings is 1. The standard InChI is InChI=1S/C26H32N6O3/c33-24(21-3-1-8-28-18-21)29-22-17-20(26(35)32-13-9-27-10-14-32)6-7-23(22)30-11-2-12-31(16-15-30)25(34)19-4-5-19/h1,3,6-8,17-19,27H,2,4-5,9-16H2,(H,29,33). The van der Waals surface area contributed by atoms with Crippen molar-refractivity contribution in [2.75, 3.05) is 62.6 Å². The third kappa shape index (κ3) is 5.45. The Kier molecular flexibility index (Phi) is 6.94. The fourth-order valence-electron chi connectivity index (χ4n) is 4.75. The lowest BCUT2D eigenvalue weighted by molar-refractivity contribution is -0.132. The zero-order valence-electron chi connectivity index (χ0n) is 19.9. The molecule has 0 spiro atoms. The van der Waals surface area contributed by atoms with Crippen molar-refractivity contribution in [3.63, 3.8) is 0 Å². The van der Waals surface area contributed by atoms with Gasteiger partial charge in [-0.2, -0.15) is 0 Å². The van der Waals surface area contributed by atoms with E-state index >= 15 is 0 Å². The highest BCUT2D eigenvalue weighted by molar-refractivity contribution is 6.07. The lowest BCUT2D eigenvalue weighted by Gasteiger charge is -2.29. The van der Waals surface area contributed by atoms with Gasteiger partial charge in [-0.15, -0.1) is 0 Å². The normalized spacial score (nSPS) is 18.7. The van der Waals surface area contributed by atoms with Crippen molar-refractivity contribution in [1.29, 1.82) is 0 Å². The summed E-state index contributed by atoms with van der Waals surface area (Å²) in [4.78, 5) is 48.8. The van der Waals surface area contributed by atoms with Crippen LogP contribution in [0.3, 0.4) is 0 Å². The first-order valence-corrected chi connectivity index (χ1v) is 12.5. The first kappa shape index (κ1) is 23.3. The fourth-order valence-corrected chi connectivity index (χ4v) is 4.75. The number of nitrogens with one attached hydrogen (secondary N) is 2. The molecule has 2 saturated heterocycles.